The molecular weight excluding hydrogens is 267 g/mol. The molecule has 0 saturated heterocycles. The summed E-state index contributed by atoms with van der Waals surface area (Å²) in [5.41, 5.74) is -0.561. The average molecular weight is 280 g/mol. The van der Waals surface area contributed by atoms with Crippen LogP contribution < -0.4 is 0 Å². The fourth-order valence-corrected chi connectivity index (χ4v) is 1.52. The maximum absolute atomic E-state index is 12.3. The summed E-state index contributed by atoms with van der Waals surface area (Å²) in [6, 6.07) is 3.95. The fraction of sp³-hybridized carbons (Fsp3) is 0.417. The smallest absolute Gasteiger partial charge is 0.338 e. The van der Waals surface area contributed by atoms with Crippen LogP contribution in [0.5, 0.6) is 0 Å². The van der Waals surface area contributed by atoms with Gasteiger partial charge in [0, 0.05) is 24.5 Å². The molecule has 1 amide bonds. The lowest BCUT2D eigenvalue weighted by molar-refractivity contribution is -0.137. The Bertz CT molecular complexity index is 416. The van der Waals surface area contributed by atoms with Crippen molar-refractivity contribution < 1.29 is 18.0 Å². The first-order valence-electron chi connectivity index (χ1n) is 5.27. The number of hydrogen-bond acceptors (Lipinski definition) is 1. The molecule has 1 atom stereocenters. The predicted molar refractivity (Wildman–Crippen MR) is 63.7 cm³/mol. The van der Waals surface area contributed by atoms with Gasteiger partial charge >= 0.3 is 6.18 Å². The van der Waals surface area contributed by atoms with E-state index < -0.39 is 11.7 Å². The maximum Gasteiger partial charge on any atom is 0.416 e. The third-order valence-electron chi connectivity index (χ3n) is 2.66. The van der Waals surface area contributed by atoms with Crippen molar-refractivity contribution in [3.05, 3.63) is 35.4 Å². The number of alkyl halides is 4. The van der Waals surface area contributed by atoms with E-state index in [1.54, 1.807) is 14.0 Å². The van der Waals surface area contributed by atoms with Crippen LogP contribution in [0.15, 0.2) is 24.3 Å². The Kier molecular flexibility index (Phi) is 4.62. The predicted octanol–water partition coefficient (Wildman–Crippen LogP) is 3.40. The van der Waals surface area contributed by atoms with Crippen molar-refractivity contribution in [2.45, 2.75) is 19.1 Å². The summed E-state index contributed by atoms with van der Waals surface area (Å²) in [7, 11) is 1.56. The number of hydrogen-bond donors (Lipinski definition) is 0. The van der Waals surface area contributed by atoms with E-state index in [1.165, 1.54) is 17.0 Å². The molecule has 1 unspecified atom stereocenters. The molecule has 0 aliphatic rings. The van der Waals surface area contributed by atoms with E-state index in [9.17, 15) is 18.0 Å². The first kappa shape index (κ1) is 14.8. The number of rotatable bonds is 3. The summed E-state index contributed by atoms with van der Waals surface area (Å²) < 4.78 is 37.0. The Balaban J connectivity index is 2.89. The molecule has 0 aromatic heterocycles. The average Bonchev–Trinajstić information content (AvgIpc) is 2.35. The van der Waals surface area contributed by atoms with Crippen LogP contribution in [0.2, 0.25) is 0 Å². The zero-order valence-electron chi connectivity index (χ0n) is 9.96. The summed E-state index contributed by atoms with van der Waals surface area (Å²) in [5.74, 6) is -0.0834. The highest BCUT2D eigenvalue weighted by atomic mass is 35.5. The molecule has 2 nitrogen and oxygen atoms in total. The van der Waals surface area contributed by atoms with Crippen molar-refractivity contribution in [2.75, 3.05) is 12.9 Å². The van der Waals surface area contributed by atoms with Crippen molar-refractivity contribution >= 4 is 17.5 Å². The number of halogens is 4. The SMILES string of the molecule is CC(CCl)N(C)C(=O)c1ccc(C(F)(F)F)cc1. The van der Waals surface area contributed by atoms with Crippen LogP contribution in [0.1, 0.15) is 22.8 Å². The van der Waals surface area contributed by atoms with Gasteiger partial charge in [-0.05, 0) is 31.2 Å². The summed E-state index contributed by atoms with van der Waals surface area (Å²) in [6.45, 7) is 1.76. The van der Waals surface area contributed by atoms with E-state index in [2.05, 4.69) is 0 Å². The quantitative estimate of drug-likeness (QED) is 0.777. The first-order valence-corrected chi connectivity index (χ1v) is 5.81. The number of benzene rings is 1. The topological polar surface area (TPSA) is 20.3 Å². The Hall–Kier alpha value is -1.23. The van der Waals surface area contributed by atoms with E-state index in [4.69, 9.17) is 11.6 Å². The van der Waals surface area contributed by atoms with Crippen LogP contribution >= 0.6 is 11.6 Å². The Morgan fingerprint density at radius 3 is 2.22 bits per heavy atom. The Morgan fingerprint density at radius 1 is 1.33 bits per heavy atom. The maximum atomic E-state index is 12.3. The summed E-state index contributed by atoms with van der Waals surface area (Å²) >= 11 is 5.62. The van der Waals surface area contributed by atoms with E-state index in [0.717, 1.165) is 12.1 Å². The van der Waals surface area contributed by atoms with Gasteiger partial charge in [-0.25, -0.2) is 0 Å². The molecule has 100 valence electrons. The molecular formula is C12H13ClF3NO. The molecule has 0 aliphatic heterocycles. The minimum Gasteiger partial charge on any atom is -0.338 e. The van der Waals surface area contributed by atoms with Crippen molar-refractivity contribution in [2.24, 2.45) is 0 Å². The van der Waals surface area contributed by atoms with Gasteiger partial charge < -0.3 is 4.90 Å². The lowest BCUT2D eigenvalue weighted by Crippen LogP contribution is -2.36. The fourth-order valence-electron chi connectivity index (χ4n) is 1.31. The third-order valence-corrected chi connectivity index (χ3v) is 3.11. The second-order valence-corrected chi connectivity index (χ2v) is 4.30. The second kappa shape index (κ2) is 5.61. The lowest BCUT2D eigenvalue weighted by atomic mass is 10.1. The van der Waals surface area contributed by atoms with Gasteiger partial charge in [-0.3, -0.25) is 4.79 Å². The summed E-state index contributed by atoms with van der Waals surface area (Å²) in [5, 5.41) is 0. The van der Waals surface area contributed by atoms with Gasteiger partial charge in [-0.15, -0.1) is 11.6 Å². The van der Waals surface area contributed by atoms with Gasteiger partial charge in [0.25, 0.3) is 5.91 Å². The van der Waals surface area contributed by atoms with E-state index in [0.29, 0.717) is 0 Å². The molecule has 0 aliphatic carbocycles. The van der Waals surface area contributed by atoms with Gasteiger partial charge in [0.2, 0.25) is 0 Å². The van der Waals surface area contributed by atoms with Crippen LogP contribution in [0.3, 0.4) is 0 Å². The molecule has 0 fully saturated rings. The van der Waals surface area contributed by atoms with Crippen LogP contribution in [0.4, 0.5) is 13.2 Å². The number of nitrogens with zero attached hydrogens (tertiary/aromatic N) is 1. The highest BCUT2D eigenvalue weighted by Gasteiger charge is 2.30. The van der Waals surface area contributed by atoms with Gasteiger partial charge in [-0.2, -0.15) is 13.2 Å². The van der Waals surface area contributed by atoms with Crippen LogP contribution in [0.25, 0.3) is 0 Å². The summed E-state index contributed by atoms with van der Waals surface area (Å²) in [4.78, 5) is 13.3. The molecule has 1 aromatic carbocycles. The highest BCUT2D eigenvalue weighted by molar-refractivity contribution is 6.18. The molecule has 0 spiro atoms. The summed E-state index contributed by atoms with van der Waals surface area (Å²) in [6.07, 6.45) is -4.39. The van der Waals surface area contributed by atoms with Gasteiger partial charge in [-0.1, -0.05) is 0 Å². The molecule has 1 rings (SSSR count). The van der Waals surface area contributed by atoms with Gasteiger partial charge in [0.1, 0.15) is 0 Å². The highest BCUT2D eigenvalue weighted by Crippen LogP contribution is 2.29. The molecule has 1 aromatic rings. The Morgan fingerprint density at radius 2 is 1.83 bits per heavy atom. The molecule has 0 N–H and O–H groups in total. The normalized spacial score (nSPS) is 13.2. The molecule has 18 heavy (non-hydrogen) atoms. The zero-order valence-corrected chi connectivity index (χ0v) is 10.7. The minimum atomic E-state index is -4.39. The van der Waals surface area contributed by atoms with Crippen molar-refractivity contribution in [1.29, 1.82) is 0 Å². The van der Waals surface area contributed by atoms with E-state index >= 15 is 0 Å². The number of amides is 1. The molecule has 0 saturated carbocycles. The largest absolute Gasteiger partial charge is 0.416 e. The number of carbonyl (C=O) groups is 1. The van der Waals surface area contributed by atoms with Gasteiger partial charge in [0.15, 0.2) is 0 Å². The second-order valence-electron chi connectivity index (χ2n) is 3.99. The van der Waals surface area contributed by atoms with E-state index in [-0.39, 0.29) is 23.4 Å². The molecule has 0 heterocycles. The Labute approximate surface area is 108 Å². The molecule has 0 bridgehead atoms. The zero-order chi connectivity index (χ0) is 13.9. The molecule has 6 heteroatoms. The lowest BCUT2D eigenvalue weighted by Gasteiger charge is -2.23. The van der Waals surface area contributed by atoms with Crippen LogP contribution in [0, 0.1) is 0 Å². The minimum absolute atomic E-state index is 0.179. The van der Waals surface area contributed by atoms with Gasteiger partial charge in [0.05, 0.1) is 5.56 Å². The molecule has 0 radical (unpaired) electrons. The van der Waals surface area contributed by atoms with Crippen molar-refractivity contribution in [3.63, 3.8) is 0 Å². The van der Waals surface area contributed by atoms with Crippen LogP contribution in [-0.4, -0.2) is 29.8 Å². The van der Waals surface area contributed by atoms with E-state index in [1.807, 2.05) is 0 Å². The number of carbonyl (C=O) groups excluding carboxylic acids is 1. The van der Waals surface area contributed by atoms with Crippen LogP contribution in [-0.2, 0) is 6.18 Å². The van der Waals surface area contributed by atoms with Crippen molar-refractivity contribution in [1.82, 2.24) is 4.90 Å². The first-order chi connectivity index (χ1) is 8.27. The monoisotopic (exact) mass is 279 g/mol. The third kappa shape index (κ3) is 3.38. The standard InChI is InChI=1S/C12H13ClF3NO/c1-8(7-13)17(2)11(18)9-3-5-10(6-4-9)12(14,15)16/h3-6,8H,7H2,1-2H3. The van der Waals surface area contributed by atoms with Crippen molar-refractivity contribution in [3.8, 4) is 0 Å².